The van der Waals surface area contributed by atoms with Crippen molar-refractivity contribution in [3.63, 3.8) is 0 Å². The normalized spacial score (nSPS) is 42.7. The van der Waals surface area contributed by atoms with E-state index in [0.29, 0.717) is 0 Å². The first-order chi connectivity index (χ1) is 6.83. The van der Waals surface area contributed by atoms with Crippen LogP contribution in [0.4, 0.5) is 0 Å². The van der Waals surface area contributed by atoms with E-state index in [2.05, 4.69) is 0 Å². The molecule has 2 nitrogen and oxygen atoms in total. The van der Waals surface area contributed by atoms with Gasteiger partial charge in [0.05, 0.1) is 0 Å². The van der Waals surface area contributed by atoms with Gasteiger partial charge in [0.2, 0.25) is 4.33 Å². The van der Waals surface area contributed by atoms with E-state index in [0.717, 1.165) is 0 Å². The molecule has 5 heteroatoms. The van der Waals surface area contributed by atoms with E-state index in [1.54, 1.807) is 12.2 Å². The SMILES string of the molecule is CC(C)[C@]12C=C[C@H](O1)[C@@H](Cl)C(=O)C2(Cl)Cl. The third-order valence-corrected chi connectivity index (χ3v) is 4.47. The lowest BCUT2D eigenvalue weighted by molar-refractivity contribution is -0.143. The Morgan fingerprint density at radius 1 is 1.47 bits per heavy atom. The zero-order valence-electron chi connectivity index (χ0n) is 8.34. The molecule has 0 aromatic heterocycles. The van der Waals surface area contributed by atoms with Crippen LogP contribution in [-0.2, 0) is 9.53 Å². The van der Waals surface area contributed by atoms with Crippen molar-refractivity contribution in [1.29, 1.82) is 0 Å². The number of ether oxygens (including phenoxy) is 1. The number of fused-ring (bicyclic) bond motifs is 2. The van der Waals surface area contributed by atoms with Gasteiger partial charge in [-0.3, -0.25) is 4.79 Å². The number of rotatable bonds is 1. The molecule has 0 radical (unpaired) electrons. The Morgan fingerprint density at radius 3 is 2.60 bits per heavy atom. The summed E-state index contributed by atoms with van der Waals surface area (Å²) in [6.07, 6.45) is 3.12. The molecule has 1 saturated heterocycles. The second-order valence-corrected chi connectivity index (χ2v) is 6.03. The third-order valence-electron chi connectivity index (χ3n) is 3.06. The highest BCUT2D eigenvalue weighted by Gasteiger charge is 2.65. The monoisotopic (exact) mass is 268 g/mol. The Balaban J connectivity index is 2.51. The van der Waals surface area contributed by atoms with E-state index in [1.807, 2.05) is 13.8 Å². The summed E-state index contributed by atoms with van der Waals surface area (Å²) in [5, 5.41) is -0.800. The summed E-state index contributed by atoms with van der Waals surface area (Å²) in [5.74, 6) is -0.371. The Kier molecular flexibility index (Phi) is 2.63. The predicted molar refractivity (Wildman–Crippen MR) is 60.7 cm³/mol. The number of carbonyl (C=O) groups excluding carboxylic acids is 1. The standard InChI is InChI=1S/C10H11Cl3O2/c1-5(2)9-4-3-6(15-9)7(11)8(14)10(9,12)13/h3-7H,1-2H3/t6-,7+,9-/m0/s1. The predicted octanol–water partition coefficient (Wildman–Crippen LogP) is 2.70. The Bertz CT molecular complexity index is 338. The minimum atomic E-state index is -1.60. The molecule has 2 heterocycles. The molecule has 15 heavy (non-hydrogen) atoms. The fourth-order valence-corrected chi connectivity index (χ4v) is 3.38. The molecule has 2 bridgehead atoms. The molecule has 2 aliphatic rings. The smallest absolute Gasteiger partial charge is 0.209 e. The van der Waals surface area contributed by atoms with Gasteiger partial charge in [-0.25, -0.2) is 0 Å². The largest absolute Gasteiger partial charge is 0.358 e. The quantitative estimate of drug-likeness (QED) is 0.540. The van der Waals surface area contributed by atoms with Gasteiger partial charge in [-0.05, 0) is 5.92 Å². The highest BCUT2D eigenvalue weighted by atomic mass is 35.5. The van der Waals surface area contributed by atoms with Crippen LogP contribution >= 0.6 is 34.8 Å². The molecule has 84 valence electrons. The van der Waals surface area contributed by atoms with Crippen LogP contribution in [0.3, 0.4) is 0 Å². The molecule has 0 aliphatic carbocycles. The number of halogens is 3. The Hall–Kier alpha value is 0.240. The van der Waals surface area contributed by atoms with E-state index < -0.39 is 21.4 Å². The van der Waals surface area contributed by atoms with Gasteiger partial charge in [-0.2, -0.15) is 0 Å². The van der Waals surface area contributed by atoms with Crippen LogP contribution in [-0.4, -0.2) is 27.2 Å². The lowest BCUT2D eigenvalue weighted by Gasteiger charge is -2.46. The van der Waals surface area contributed by atoms with Gasteiger partial charge in [0.1, 0.15) is 17.1 Å². The minimum absolute atomic E-state index is 0.00173. The molecular formula is C10H11Cl3O2. The van der Waals surface area contributed by atoms with Gasteiger partial charge in [0.25, 0.3) is 0 Å². The number of hydrogen-bond acceptors (Lipinski definition) is 2. The summed E-state index contributed by atoms with van der Waals surface area (Å²) in [5.41, 5.74) is -0.941. The topological polar surface area (TPSA) is 26.3 Å². The van der Waals surface area contributed by atoms with Crippen LogP contribution in [0.25, 0.3) is 0 Å². The molecule has 0 aromatic rings. The van der Waals surface area contributed by atoms with Gasteiger partial charge >= 0.3 is 0 Å². The fourth-order valence-electron chi connectivity index (χ4n) is 2.08. The number of Topliss-reactive ketones (excluding diaryl/α,β-unsaturated/α-hetero) is 1. The van der Waals surface area contributed by atoms with E-state index in [9.17, 15) is 4.79 Å². The third kappa shape index (κ3) is 1.32. The second-order valence-electron chi connectivity index (χ2n) is 4.23. The van der Waals surface area contributed by atoms with Gasteiger partial charge in [-0.15, -0.1) is 11.6 Å². The van der Waals surface area contributed by atoms with Crippen LogP contribution in [0.5, 0.6) is 0 Å². The van der Waals surface area contributed by atoms with Gasteiger partial charge < -0.3 is 4.74 Å². The lowest BCUT2D eigenvalue weighted by atomic mass is 9.83. The molecule has 2 rings (SSSR count). The highest BCUT2D eigenvalue weighted by molar-refractivity contribution is 6.62. The number of hydrogen-bond donors (Lipinski definition) is 0. The van der Waals surface area contributed by atoms with Crippen LogP contribution < -0.4 is 0 Å². The first kappa shape index (κ1) is 11.7. The number of ketones is 1. The average molecular weight is 270 g/mol. The van der Waals surface area contributed by atoms with Crippen LogP contribution in [0.1, 0.15) is 13.8 Å². The van der Waals surface area contributed by atoms with Gasteiger partial charge in [0, 0.05) is 0 Å². The molecule has 3 atom stereocenters. The van der Waals surface area contributed by atoms with Crippen LogP contribution in [0.15, 0.2) is 12.2 Å². The van der Waals surface area contributed by atoms with Gasteiger partial charge in [0.15, 0.2) is 5.78 Å². The van der Waals surface area contributed by atoms with E-state index in [4.69, 9.17) is 39.5 Å². The summed E-state index contributed by atoms with van der Waals surface area (Å²) in [6, 6.07) is 0. The maximum Gasteiger partial charge on any atom is 0.209 e. The van der Waals surface area contributed by atoms with Crippen molar-refractivity contribution in [3.8, 4) is 0 Å². The molecule has 0 N–H and O–H groups in total. The number of carbonyl (C=O) groups is 1. The van der Waals surface area contributed by atoms with Crippen molar-refractivity contribution in [2.24, 2.45) is 5.92 Å². The van der Waals surface area contributed by atoms with Crippen molar-refractivity contribution >= 4 is 40.6 Å². The molecule has 0 spiro atoms. The van der Waals surface area contributed by atoms with Crippen molar-refractivity contribution in [1.82, 2.24) is 0 Å². The highest BCUT2D eigenvalue weighted by Crippen LogP contribution is 2.52. The Labute approximate surface area is 104 Å². The maximum absolute atomic E-state index is 11.9. The molecule has 0 aromatic carbocycles. The van der Waals surface area contributed by atoms with E-state index in [1.165, 1.54) is 0 Å². The molecule has 0 unspecified atom stereocenters. The van der Waals surface area contributed by atoms with Crippen LogP contribution in [0, 0.1) is 5.92 Å². The minimum Gasteiger partial charge on any atom is -0.358 e. The molecular weight excluding hydrogens is 258 g/mol. The first-order valence-electron chi connectivity index (χ1n) is 4.76. The van der Waals surface area contributed by atoms with Crippen molar-refractivity contribution < 1.29 is 9.53 Å². The average Bonchev–Trinajstić information content (AvgIpc) is 2.57. The second kappa shape index (κ2) is 3.36. The molecule has 0 saturated carbocycles. The summed E-state index contributed by atoms with van der Waals surface area (Å²) in [4.78, 5) is 11.9. The van der Waals surface area contributed by atoms with E-state index in [-0.39, 0.29) is 11.7 Å². The summed E-state index contributed by atoms with van der Waals surface area (Å²) in [6.45, 7) is 3.82. The molecule has 2 aliphatic heterocycles. The summed E-state index contributed by atoms with van der Waals surface area (Å²) in [7, 11) is 0. The molecule has 0 amide bonds. The summed E-state index contributed by atoms with van der Waals surface area (Å²) >= 11 is 18.2. The van der Waals surface area contributed by atoms with Crippen LogP contribution in [0.2, 0.25) is 0 Å². The fraction of sp³-hybridized carbons (Fsp3) is 0.700. The van der Waals surface area contributed by atoms with Gasteiger partial charge in [-0.1, -0.05) is 49.2 Å². The zero-order valence-corrected chi connectivity index (χ0v) is 10.6. The Morgan fingerprint density at radius 2 is 2.07 bits per heavy atom. The zero-order chi connectivity index (χ0) is 11.4. The number of alkyl halides is 3. The van der Waals surface area contributed by atoms with Crippen molar-refractivity contribution in [2.75, 3.05) is 0 Å². The van der Waals surface area contributed by atoms with Crippen molar-refractivity contribution in [3.05, 3.63) is 12.2 Å². The van der Waals surface area contributed by atoms with Crippen molar-refractivity contribution in [2.45, 2.75) is 35.3 Å². The molecule has 1 fully saturated rings. The first-order valence-corrected chi connectivity index (χ1v) is 5.95. The maximum atomic E-state index is 11.9. The van der Waals surface area contributed by atoms with E-state index >= 15 is 0 Å². The lowest BCUT2D eigenvalue weighted by Crippen LogP contribution is -2.62. The summed E-state index contributed by atoms with van der Waals surface area (Å²) < 4.78 is 4.12.